The van der Waals surface area contributed by atoms with E-state index in [1.165, 1.54) is 0 Å². The Morgan fingerprint density at radius 2 is 2.24 bits per heavy atom. The molecule has 3 nitrogen and oxygen atoms in total. The fourth-order valence-corrected chi connectivity index (χ4v) is 1.60. The van der Waals surface area contributed by atoms with Gasteiger partial charge in [-0.2, -0.15) is 11.8 Å². The highest BCUT2D eigenvalue weighted by molar-refractivity contribution is 7.98. The van der Waals surface area contributed by atoms with E-state index >= 15 is 0 Å². The molecule has 0 radical (unpaired) electrons. The lowest BCUT2D eigenvalue weighted by molar-refractivity contribution is 0.0956. The normalized spacial score (nSPS) is 9.29. The van der Waals surface area contributed by atoms with Crippen molar-refractivity contribution >= 4 is 17.7 Å². The third kappa shape index (κ3) is 4.51. The summed E-state index contributed by atoms with van der Waals surface area (Å²) in [6.07, 6.45) is 2.01. The smallest absolute Gasteiger partial charge is 0.252 e. The summed E-state index contributed by atoms with van der Waals surface area (Å²) in [5, 5.41) is 2.86. The van der Waals surface area contributed by atoms with Crippen molar-refractivity contribution in [3.63, 3.8) is 0 Å². The Morgan fingerprint density at radius 3 is 2.94 bits per heavy atom. The molecule has 0 saturated carbocycles. The molecule has 0 spiro atoms. The van der Waals surface area contributed by atoms with E-state index in [9.17, 15) is 4.79 Å². The van der Waals surface area contributed by atoms with E-state index in [-0.39, 0.29) is 5.91 Å². The minimum absolute atomic E-state index is 0.0824. The van der Waals surface area contributed by atoms with Crippen molar-refractivity contribution in [1.29, 1.82) is 0 Å². The van der Waals surface area contributed by atoms with Gasteiger partial charge in [-0.05, 0) is 18.4 Å². The average Bonchev–Trinajstić information content (AvgIpc) is 2.37. The zero-order chi connectivity index (χ0) is 12.5. The summed E-state index contributed by atoms with van der Waals surface area (Å²) >= 11 is 1.70. The molecule has 0 fully saturated rings. The van der Waals surface area contributed by atoms with E-state index in [0.717, 1.165) is 11.3 Å². The molecule has 1 aromatic rings. The van der Waals surface area contributed by atoms with Crippen LogP contribution >= 0.6 is 11.8 Å². The van der Waals surface area contributed by atoms with Crippen molar-refractivity contribution < 1.29 is 4.79 Å². The minimum Gasteiger partial charge on any atom is -0.351 e. The van der Waals surface area contributed by atoms with Crippen LogP contribution in [0.2, 0.25) is 0 Å². The fraction of sp³-hybridized carbons (Fsp3) is 0.308. The van der Waals surface area contributed by atoms with Crippen LogP contribution in [0.1, 0.15) is 15.9 Å². The second-order valence-corrected chi connectivity index (χ2v) is 4.29. The third-order valence-corrected chi connectivity index (χ3v) is 2.70. The molecule has 0 aromatic heterocycles. The number of benzene rings is 1. The first kappa shape index (κ1) is 13.6. The van der Waals surface area contributed by atoms with Gasteiger partial charge in [0, 0.05) is 17.9 Å². The van der Waals surface area contributed by atoms with Crippen molar-refractivity contribution in [2.45, 2.75) is 0 Å². The number of carbonyl (C=O) groups is 1. The van der Waals surface area contributed by atoms with E-state index in [1.54, 1.807) is 17.8 Å². The standard InChI is InChI=1S/C13H16N2OS/c1-17-10-9-15-13(16)12-7-3-2-5-11(12)6-4-8-14/h2-3,5,7H,8-10,14H2,1H3,(H,15,16). The predicted molar refractivity (Wildman–Crippen MR) is 73.1 cm³/mol. The number of thioether (sulfide) groups is 1. The van der Waals surface area contributed by atoms with E-state index in [2.05, 4.69) is 17.2 Å². The van der Waals surface area contributed by atoms with Gasteiger partial charge in [0.25, 0.3) is 5.91 Å². The SMILES string of the molecule is CSCCNC(=O)c1ccccc1C#CCN. The minimum atomic E-state index is -0.0824. The molecule has 1 amide bonds. The van der Waals surface area contributed by atoms with Crippen molar-refractivity contribution in [3.05, 3.63) is 35.4 Å². The summed E-state index contributed by atoms with van der Waals surface area (Å²) in [6, 6.07) is 7.29. The molecule has 0 aliphatic carbocycles. The number of carbonyl (C=O) groups excluding carboxylic acids is 1. The lowest BCUT2D eigenvalue weighted by atomic mass is 10.1. The molecular formula is C13H16N2OS. The van der Waals surface area contributed by atoms with Gasteiger partial charge in [-0.3, -0.25) is 4.79 Å². The molecule has 0 saturated heterocycles. The van der Waals surface area contributed by atoms with Gasteiger partial charge in [-0.1, -0.05) is 24.0 Å². The summed E-state index contributed by atoms with van der Waals surface area (Å²) in [5.41, 5.74) is 6.65. The second-order valence-electron chi connectivity index (χ2n) is 3.30. The van der Waals surface area contributed by atoms with Crippen LogP contribution in [0.5, 0.6) is 0 Å². The van der Waals surface area contributed by atoms with Gasteiger partial charge in [-0.25, -0.2) is 0 Å². The number of nitrogens with two attached hydrogens (primary N) is 1. The number of hydrogen-bond acceptors (Lipinski definition) is 3. The predicted octanol–water partition coefficient (Wildman–Crippen LogP) is 1.09. The molecule has 0 heterocycles. The van der Waals surface area contributed by atoms with E-state index in [0.29, 0.717) is 18.7 Å². The van der Waals surface area contributed by atoms with Crippen LogP contribution in [0.25, 0.3) is 0 Å². The molecule has 17 heavy (non-hydrogen) atoms. The van der Waals surface area contributed by atoms with Crippen molar-refractivity contribution in [1.82, 2.24) is 5.32 Å². The van der Waals surface area contributed by atoms with Gasteiger partial charge in [0.15, 0.2) is 0 Å². The Labute approximate surface area is 106 Å². The quantitative estimate of drug-likeness (QED) is 0.619. The summed E-state index contributed by atoms with van der Waals surface area (Å²) in [7, 11) is 0. The molecule has 4 heteroatoms. The Bertz CT molecular complexity index is 435. The number of nitrogens with one attached hydrogen (secondary N) is 1. The summed E-state index contributed by atoms with van der Waals surface area (Å²) in [4.78, 5) is 11.9. The highest BCUT2D eigenvalue weighted by atomic mass is 32.2. The van der Waals surface area contributed by atoms with Gasteiger partial charge < -0.3 is 11.1 Å². The monoisotopic (exact) mass is 248 g/mol. The van der Waals surface area contributed by atoms with Crippen LogP contribution in [0.15, 0.2) is 24.3 Å². The number of amides is 1. The molecule has 1 aromatic carbocycles. The molecule has 90 valence electrons. The number of rotatable bonds is 4. The van der Waals surface area contributed by atoms with Crippen molar-refractivity contribution in [2.75, 3.05) is 25.1 Å². The molecule has 0 atom stereocenters. The van der Waals surface area contributed by atoms with Crippen molar-refractivity contribution in [3.8, 4) is 11.8 Å². The second kappa shape index (κ2) is 7.77. The topological polar surface area (TPSA) is 55.1 Å². The summed E-state index contributed by atoms with van der Waals surface area (Å²) < 4.78 is 0. The Morgan fingerprint density at radius 1 is 1.47 bits per heavy atom. The molecule has 0 aliphatic rings. The molecule has 0 aliphatic heterocycles. The average molecular weight is 248 g/mol. The lowest BCUT2D eigenvalue weighted by Gasteiger charge is -2.05. The Kier molecular flexibility index (Phi) is 6.23. The molecular weight excluding hydrogens is 232 g/mol. The van der Waals surface area contributed by atoms with E-state index in [1.807, 2.05) is 24.5 Å². The van der Waals surface area contributed by atoms with Gasteiger partial charge in [0.2, 0.25) is 0 Å². The molecule has 0 bridgehead atoms. The highest BCUT2D eigenvalue weighted by Crippen LogP contribution is 2.07. The summed E-state index contributed by atoms with van der Waals surface area (Å²) in [5.74, 6) is 6.49. The lowest BCUT2D eigenvalue weighted by Crippen LogP contribution is -2.26. The molecule has 0 unspecified atom stereocenters. The van der Waals surface area contributed by atoms with Gasteiger partial charge in [-0.15, -0.1) is 0 Å². The maximum absolute atomic E-state index is 11.9. The van der Waals surface area contributed by atoms with Crippen LogP contribution in [0, 0.1) is 11.8 Å². The zero-order valence-electron chi connectivity index (χ0n) is 9.82. The molecule has 1 rings (SSSR count). The summed E-state index contributed by atoms with van der Waals surface area (Å²) in [6.45, 7) is 0.959. The van der Waals surface area contributed by atoms with Crippen molar-refractivity contribution in [2.24, 2.45) is 5.73 Å². The van der Waals surface area contributed by atoms with Gasteiger partial charge in [0.1, 0.15) is 0 Å². The first-order valence-electron chi connectivity index (χ1n) is 5.34. The fourth-order valence-electron chi connectivity index (χ4n) is 1.30. The zero-order valence-corrected chi connectivity index (χ0v) is 10.6. The van der Waals surface area contributed by atoms with Crippen LogP contribution in [0.4, 0.5) is 0 Å². The first-order chi connectivity index (χ1) is 8.29. The maximum atomic E-state index is 11.9. The van der Waals surface area contributed by atoms with Crippen LogP contribution in [-0.2, 0) is 0 Å². The van der Waals surface area contributed by atoms with Gasteiger partial charge in [0.05, 0.1) is 12.1 Å². The van der Waals surface area contributed by atoms with Crippen LogP contribution < -0.4 is 11.1 Å². The van der Waals surface area contributed by atoms with E-state index < -0.39 is 0 Å². The highest BCUT2D eigenvalue weighted by Gasteiger charge is 2.08. The van der Waals surface area contributed by atoms with Crippen LogP contribution in [0.3, 0.4) is 0 Å². The Hall–Kier alpha value is -1.44. The largest absolute Gasteiger partial charge is 0.351 e. The first-order valence-corrected chi connectivity index (χ1v) is 6.74. The maximum Gasteiger partial charge on any atom is 0.252 e. The Balaban J connectivity index is 2.78. The van der Waals surface area contributed by atoms with Crippen LogP contribution in [-0.4, -0.2) is 31.0 Å². The van der Waals surface area contributed by atoms with Gasteiger partial charge >= 0.3 is 0 Å². The third-order valence-electron chi connectivity index (χ3n) is 2.09. The van der Waals surface area contributed by atoms with E-state index in [4.69, 9.17) is 5.73 Å². The number of hydrogen-bond donors (Lipinski definition) is 2. The molecule has 3 N–H and O–H groups in total.